The van der Waals surface area contributed by atoms with Crippen molar-refractivity contribution in [3.8, 4) is 6.07 Å². The van der Waals surface area contributed by atoms with Gasteiger partial charge in [-0.1, -0.05) is 0 Å². The van der Waals surface area contributed by atoms with Crippen molar-refractivity contribution >= 4 is 27.6 Å². The summed E-state index contributed by atoms with van der Waals surface area (Å²) >= 11 is 3.49. The van der Waals surface area contributed by atoms with Crippen LogP contribution in [0, 0.1) is 11.3 Å². The summed E-state index contributed by atoms with van der Waals surface area (Å²) in [5.74, 6) is -0.163. The van der Waals surface area contributed by atoms with Gasteiger partial charge < -0.3 is 9.64 Å². The van der Waals surface area contributed by atoms with Crippen LogP contribution in [0.5, 0.6) is 0 Å². The third-order valence-electron chi connectivity index (χ3n) is 3.45. The molecule has 0 amide bonds. The Hall–Kier alpha value is -1.54. The first-order chi connectivity index (χ1) is 9.67. The molecule has 0 radical (unpaired) electrons. The molecule has 1 unspecified atom stereocenters. The molecule has 0 aliphatic carbocycles. The third kappa shape index (κ3) is 3.13. The lowest BCUT2D eigenvalue weighted by Crippen LogP contribution is -2.45. The fraction of sp³-hybridized carbons (Fsp3) is 0.467. The molecule has 0 spiro atoms. The van der Waals surface area contributed by atoms with Gasteiger partial charge in [-0.25, -0.2) is 4.79 Å². The summed E-state index contributed by atoms with van der Waals surface area (Å²) in [5, 5.41) is 8.91. The molecule has 1 aromatic carbocycles. The lowest BCUT2D eigenvalue weighted by atomic mass is 10.0. The Bertz CT molecular complexity index is 539. The zero-order chi connectivity index (χ0) is 14.5. The van der Waals surface area contributed by atoms with Gasteiger partial charge in [0.05, 0.1) is 23.9 Å². The van der Waals surface area contributed by atoms with Crippen molar-refractivity contribution < 1.29 is 9.53 Å². The number of carbonyl (C=O) groups is 1. The second kappa shape index (κ2) is 6.76. The smallest absolute Gasteiger partial charge is 0.328 e. The molecule has 1 fully saturated rings. The summed E-state index contributed by atoms with van der Waals surface area (Å²) in [6.07, 6.45) is 2.90. The molecule has 106 valence electrons. The SMILES string of the molecule is CCOC(=O)C1CCCCN1c1ccc(C#N)cc1Br. The Kier molecular flexibility index (Phi) is 5.02. The van der Waals surface area contributed by atoms with E-state index in [0.717, 1.165) is 36.0 Å². The van der Waals surface area contributed by atoms with Gasteiger partial charge >= 0.3 is 5.97 Å². The van der Waals surface area contributed by atoms with Gasteiger partial charge in [-0.2, -0.15) is 5.26 Å². The van der Waals surface area contributed by atoms with Gasteiger partial charge in [0.15, 0.2) is 0 Å². The molecule has 0 bridgehead atoms. The number of nitriles is 1. The first-order valence-electron chi connectivity index (χ1n) is 6.80. The molecule has 0 saturated carbocycles. The normalized spacial score (nSPS) is 18.4. The number of rotatable bonds is 3. The lowest BCUT2D eigenvalue weighted by Gasteiger charge is -2.36. The first-order valence-corrected chi connectivity index (χ1v) is 7.59. The lowest BCUT2D eigenvalue weighted by molar-refractivity contribution is -0.145. The maximum absolute atomic E-state index is 12.1. The summed E-state index contributed by atoms with van der Waals surface area (Å²) in [4.78, 5) is 14.2. The molecule has 1 aromatic rings. The van der Waals surface area contributed by atoms with Crippen LogP contribution in [0.4, 0.5) is 5.69 Å². The van der Waals surface area contributed by atoms with E-state index in [-0.39, 0.29) is 12.0 Å². The van der Waals surface area contributed by atoms with E-state index in [4.69, 9.17) is 10.00 Å². The van der Waals surface area contributed by atoms with E-state index >= 15 is 0 Å². The minimum atomic E-state index is -0.229. The number of halogens is 1. The minimum absolute atomic E-state index is 0.163. The van der Waals surface area contributed by atoms with E-state index in [0.29, 0.717) is 12.2 Å². The van der Waals surface area contributed by atoms with Crippen LogP contribution >= 0.6 is 15.9 Å². The van der Waals surface area contributed by atoms with Gasteiger partial charge in [0.1, 0.15) is 6.04 Å². The van der Waals surface area contributed by atoms with E-state index in [9.17, 15) is 4.79 Å². The number of benzene rings is 1. The van der Waals surface area contributed by atoms with Crippen LogP contribution in [0.25, 0.3) is 0 Å². The van der Waals surface area contributed by atoms with E-state index in [1.807, 2.05) is 13.0 Å². The van der Waals surface area contributed by atoms with Crippen LogP contribution in [0.2, 0.25) is 0 Å². The first kappa shape index (κ1) is 14.9. The van der Waals surface area contributed by atoms with Crippen molar-refractivity contribution in [3.63, 3.8) is 0 Å². The predicted molar refractivity (Wildman–Crippen MR) is 80.5 cm³/mol. The van der Waals surface area contributed by atoms with Gasteiger partial charge in [0, 0.05) is 11.0 Å². The standard InChI is InChI=1S/C15H17BrN2O2/c1-2-20-15(19)14-5-3-4-8-18(14)13-7-6-11(10-17)9-12(13)16/h6-7,9,14H,2-5,8H2,1H3. The number of esters is 1. The third-order valence-corrected chi connectivity index (χ3v) is 4.08. The maximum Gasteiger partial charge on any atom is 0.328 e. The Balaban J connectivity index is 2.28. The van der Waals surface area contributed by atoms with Crippen LogP contribution < -0.4 is 4.90 Å². The molecule has 20 heavy (non-hydrogen) atoms. The van der Waals surface area contributed by atoms with Gasteiger partial charge in [-0.05, 0) is 60.3 Å². The largest absolute Gasteiger partial charge is 0.464 e. The van der Waals surface area contributed by atoms with E-state index in [1.54, 1.807) is 12.1 Å². The summed E-state index contributed by atoms with van der Waals surface area (Å²) in [5.41, 5.74) is 1.55. The molecular weight excluding hydrogens is 320 g/mol. The van der Waals surface area contributed by atoms with Gasteiger partial charge in [-0.15, -0.1) is 0 Å². The summed E-state index contributed by atoms with van der Waals surface area (Å²) in [7, 11) is 0. The summed E-state index contributed by atoms with van der Waals surface area (Å²) in [6, 6.07) is 7.33. The molecule has 4 nitrogen and oxygen atoms in total. The molecule has 2 rings (SSSR count). The Labute approximate surface area is 127 Å². The topological polar surface area (TPSA) is 53.3 Å². The number of anilines is 1. The van der Waals surface area contributed by atoms with Crippen molar-refractivity contribution in [2.24, 2.45) is 0 Å². The van der Waals surface area contributed by atoms with Crippen LogP contribution in [-0.4, -0.2) is 25.2 Å². The quantitative estimate of drug-likeness (QED) is 0.795. The molecule has 0 N–H and O–H groups in total. The second-order valence-corrected chi connectivity index (χ2v) is 5.59. The maximum atomic E-state index is 12.1. The van der Waals surface area contributed by atoms with Gasteiger partial charge in [-0.3, -0.25) is 0 Å². The number of hydrogen-bond donors (Lipinski definition) is 0. The van der Waals surface area contributed by atoms with Gasteiger partial charge in [0.25, 0.3) is 0 Å². The number of hydrogen-bond acceptors (Lipinski definition) is 4. The number of piperidine rings is 1. The summed E-state index contributed by atoms with van der Waals surface area (Å²) in [6.45, 7) is 3.05. The monoisotopic (exact) mass is 336 g/mol. The van der Waals surface area contributed by atoms with Crippen molar-refractivity contribution in [1.82, 2.24) is 0 Å². The molecular formula is C15H17BrN2O2. The highest BCUT2D eigenvalue weighted by Crippen LogP contribution is 2.32. The fourth-order valence-electron chi connectivity index (χ4n) is 2.51. The molecule has 1 saturated heterocycles. The van der Waals surface area contributed by atoms with E-state index in [1.165, 1.54) is 0 Å². The van der Waals surface area contributed by atoms with Crippen LogP contribution in [0.3, 0.4) is 0 Å². The minimum Gasteiger partial charge on any atom is -0.464 e. The average molecular weight is 337 g/mol. The van der Waals surface area contributed by atoms with Crippen molar-refractivity contribution in [2.75, 3.05) is 18.1 Å². The van der Waals surface area contributed by atoms with E-state index in [2.05, 4.69) is 26.9 Å². The van der Waals surface area contributed by atoms with Crippen molar-refractivity contribution in [3.05, 3.63) is 28.2 Å². The van der Waals surface area contributed by atoms with Crippen LogP contribution in [0.15, 0.2) is 22.7 Å². The van der Waals surface area contributed by atoms with Crippen molar-refractivity contribution in [1.29, 1.82) is 5.26 Å². The summed E-state index contributed by atoms with van der Waals surface area (Å²) < 4.78 is 6.01. The Morgan fingerprint density at radius 1 is 1.55 bits per heavy atom. The highest BCUT2D eigenvalue weighted by Gasteiger charge is 2.30. The number of carbonyl (C=O) groups excluding carboxylic acids is 1. The molecule has 0 aromatic heterocycles. The second-order valence-electron chi connectivity index (χ2n) is 4.74. The highest BCUT2D eigenvalue weighted by molar-refractivity contribution is 9.10. The highest BCUT2D eigenvalue weighted by atomic mass is 79.9. The van der Waals surface area contributed by atoms with Crippen LogP contribution in [0.1, 0.15) is 31.7 Å². The average Bonchev–Trinajstić information content (AvgIpc) is 2.47. The zero-order valence-corrected chi connectivity index (χ0v) is 13.0. The fourth-order valence-corrected chi connectivity index (χ4v) is 3.12. The zero-order valence-electron chi connectivity index (χ0n) is 11.4. The molecule has 5 heteroatoms. The molecule has 1 atom stereocenters. The molecule has 1 aliphatic heterocycles. The Morgan fingerprint density at radius 2 is 2.35 bits per heavy atom. The molecule has 1 aliphatic rings. The van der Waals surface area contributed by atoms with Gasteiger partial charge in [0.2, 0.25) is 0 Å². The number of nitrogens with zero attached hydrogens (tertiary/aromatic N) is 2. The number of ether oxygens (including phenoxy) is 1. The van der Waals surface area contributed by atoms with E-state index < -0.39 is 0 Å². The van der Waals surface area contributed by atoms with Crippen molar-refractivity contribution in [2.45, 2.75) is 32.2 Å². The Morgan fingerprint density at radius 3 is 3.00 bits per heavy atom. The predicted octanol–water partition coefficient (Wildman–Crippen LogP) is 3.24. The molecule has 1 heterocycles. The van der Waals surface area contributed by atoms with Crippen LogP contribution in [-0.2, 0) is 9.53 Å².